The Balaban J connectivity index is 2.48. The number of morpholine rings is 1. The van der Waals surface area contributed by atoms with Gasteiger partial charge in [0.05, 0.1) is 19.3 Å². The summed E-state index contributed by atoms with van der Waals surface area (Å²) in [5.74, 6) is 0.251. The lowest BCUT2D eigenvalue weighted by molar-refractivity contribution is -0.0494. The molecular weight excluding hydrogens is 170 g/mol. The van der Waals surface area contributed by atoms with Gasteiger partial charge in [-0.2, -0.15) is 0 Å². The van der Waals surface area contributed by atoms with Crippen LogP contribution in [0.3, 0.4) is 0 Å². The highest BCUT2D eigenvalue weighted by atomic mass is 16.5. The number of nitrogens with two attached hydrogens (primary N) is 1. The van der Waals surface area contributed by atoms with Gasteiger partial charge < -0.3 is 15.7 Å². The van der Waals surface area contributed by atoms with E-state index in [4.69, 9.17) is 15.7 Å². The molecule has 3 N–H and O–H groups in total. The van der Waals surface area contributed by atoms with E-state index in [2.05, 4.69) is 17.0 Å². The highest BCUT2D eigenvalue weighted by Crippen LogP contribution is 2.12. The van der Waals surface area contributed by atoms with Crippen molar-refractivity contribution in [3.05, 3.63) is 0 Å². The van der Waals surface area contributed by atoms with E-state index in [-0.39, 0.29) is 11.9 Å². The molecule has 5 nitrogen and oxygen atoms in total. The molecule has 0 aliphatic carbocycles. The Morgan fingerprint density at radius 1 is 1.69 bits per heavy atom. The van der Waals surface area contributed by atoms with Crippen LogP contribution in [0.25, 0.3) is 0 Å². The van der Waals surface area contributed by atoms with E-state index >= 15 is 0 Å². The first kappa shape index (κ1) is 10.3. The molecule has 76 valence electrons. The molecular formula is C8H17N3O2. The van der Waals surface area contributed by atoms with Gasteiger partial charge in [-0.3, -0.25) is 4.90 Å². The molecule has 1 aliphatic heterocycles. The minimum absolute atomic E-state index is 0.209. The molecule has 0 aromatic heterocycles. The fourth-order valence-electron chi connectivity index (χ4n) is 1.46. The third-order valence-electron chi connectivity index (χ3n) is 2.51. The Morgan fingerprint density at radius 2 is 2.38 bits per heavy atom. The second kappa shape index (κ2) is 4.43. The maximum absolute atomic E-state index is 8.42. The standard InChI is InChI=1S/C8H17N3O2/c1-6-7(2)13-4-3-11(6)5-8(9)10-12/h6-7,12H,3-5H2,1-2H3,(H2,9,10). The summed E-state index contributed by atoms with van der Waals surface area (Å²) in [7, 11) is 0. The van der Waals surface area contributed by atoms with Crippen LogP contribution in [0.15, 0.2) is 5.16 Å². The number of ether oxygens (including phenoxy) is 1. The van der Waals surface area contributed by atoms with Gasteiger partial charge in [-0.25, -0.2) is 0 Å². The Hall–Kier alpha value is -0.810. The zero-order valence-electron chi connectivity index (χ0n) is 8.10. The van der Waals surface area contributed by atoms with Crippen molar-refractivity contribution >= 4 is 5.84 Å². The summed E-state index contributed by atoms with van der Waals surface area (Å²) in [6, 6.07) is 0.314. The first-order valence-electron chi connectivity index (χ1n) is 4.47. The van der Waals surface area contributed by atoms with Crippen LogP contribution in [0, 0.1) is 0 Å². The van der Waals surface area contributed by atoms with Gasteiger partial charge >= 0.3 is 0 Å². The van der Waals surface area contributed by atoms with E-state index < -0.39 is 0 Å². The quantitative estimate of drug-likeness (QED) is 0.273. The van der Waals surface area contributed by atoms with Crippen LogP contribution in [0.2, 0.25) is 0 Å². The Morgan fingerprint density at radius 3 is 3.00 bits per heavy atom. The van der Waals surface area contributed by atoms with Crippen molar-refractivity contribution in [1.82, 2.24) is 4.90 Å². The van der Waals surface area contributed by atoms with E-state index in [1.165, 1.54) is 0 Å². The summed E-state index contributed by atoms with van der Waals surface area (Å²) in [6.07, 6.45) is 0.209. The third-order valence-corrected chi connectivity index (χ3v) is 2.51. The Bertz CT molecular complexity index is 196. The van der Waals surface area contributed by atoms with Crippen LogP contribution in [0.1, 0.15) is 13.8 Å². The van der Waals surface area contributed by atoms with Crippen molar-refractivity contribution < 1.29 is 9.94 Å². The highest BCUT2D eigenvalue weighted by Gasteiger charge is 2.25. The fourth-order valence-corrected chi connectivity index (χ4v) is 1.46. The number of hydrogen-bond acceptors (Lipinski definition) is 4. The van der Waals surface area contributed by atoms with Crippen LogP contribution >= 0.6 is 0 Å². The molecule has 0 aromatic rings. The van der Waals surface area contributed by atoms with E-state index in [1.54, 1.807) is 0 Å². The Kier molecular flexibility index (Phi) is 3.50. The molecule has 1 heterocycles. The number of amidine groups is 1. The topological polar surface area (TPSA) is 71.1 Å². The van der Waals surface area contributed by atoms with Crippen LogP contribution in [-0.4, -0.2) is 47.8 Å². The average Bonchev–Trinajstić information content (AvgIpc) is 2.13. The number of nitrogens with zero attached hydrogens (tertiary/aromatic N) is 2. The third kappa shape index (κ3) is 2.57. The van der Waals surface area contributed by atoms with Crippen molar-refractivity contribution in [2.24, 2.45) is 10.9 Å². The number of oxime groups is 1. The minimum atomic E-state index is 0.209. The van der Waals surface area contributed by atoms with Crippen molar-refractivity contribution in [2.75, 3.05) is 19.7 Å². The lowest BCUT2D eigenvalue weighted by atomic mass is 10.1. The fraction of sp³-hybridized carbons (Fsp3) is 0.875. The molecule has 2 unspecified atom stereocenters. The van der Waals surface area contributed by atoms with Crippen molar-refractivity contribution in [3.8, 4) is 0 Å². The first-order chi connectivity index (χ1) is 6.15. The molecule has 0 bridgehead atoms. The van der Waals surface area contributed by atoms with Crippen molar-refractivity contribution in [2.45, 2.75) is 26.0 Å². The summed E-state index contributed by atoms with van der Waals surface area (Å²) in [5, 5.41) is 11.4. The van der Waals surface area contributed by atoms with Crippen LogP contribution in [-0.2, 0) is 4.74 Å². The minimum Gasteiger partial charge on any atom is -0.409 e. The van der Waals surface area contributed by atoms with Gasteiger partial charge in [0.1, 0.15) is 0 Å². The lowest BCUT2D eigenvalue weighted by Gasteiger charge is -2.37. The molecule has 1 saturated heterocycles. The monoisotopic (exact) mass is 187 g/mol. The van der Waals surface area contributed by atoms with Gasteiger partial charge in [0.15, 0.2) is 5.84 Å². The van der Waals surface area contributed by atoms with E-state index in [1.807, 2.05) is 6.92 Å². The van der Waals surface area contributed by atoms with Crippen molar-refractivity contribution in [1.29, 1.82) is 0 Å². The van der Waals surface area contributed by atoms with Gasteiger partial charge in [0.2, 0.25) is 0 Å². The molecule has 13 heavy (non-hydrogen) atoms. The van der Waals surface area contributed by atoms with E-state index in [0.29, 0.717) is 19.2 Å². The van der Waals surface area contributed by atoms with Gasteiger partial charge in [-0.05, 0) is 13.8 Å². The molecule has 0 amide bonds. The van der Waals surface area contributed by atoms with Gasteiger partial charge in [-0.15, -0.1) is 0 Å². The molecule has 5 heteroatoms. The maximum Gasteiger partial charge on any atom is 0.153 e. The summed E-state index contributed by atoms with van der Waals surface area (Å²) in [4.78, 5) is 2.14. The zero-order chi connectivity index (χ0) is 9.84. The summed E-state index contributed by atoms with van der Waals surface area (Å²) >= 11 is 0. The molecule has 1 aliphatic rings. The molecule has 0 saturated carbocycles. The predicted octanol–water partition coefficient (Wildman–Crippen LogP) is -0.158. The summed E-state index contributed by atoms with van der Waals surface area (Å²) in [6.45, 7) is 6.16. The molecule has 0 aromatic carbocycles. The zero-order valence-corrected chi connectivity index (χ0v) is 8.10. The normalized spacial score (nSPS) is 32.0. The predicted molar refractivity (Wildman–Crippen MR) is 49.9 cm³/mol. The molecule has 1 rings (SSSR count). The SMILES string of the molecule is CC1OCCN(C/C(N)=N/O)C1C. The number of rotatable bonds is 2. The van der Waals surface area contributed by atoms with Gasteiger partial charge in [-0.1, -0.05) is 5.16 Å². The molecule has 1 fully saturated rings. The van der Waals surface area contributed by atoms with Crippen LogP contribution in [0.4, 0.5) is 0 Å². The summed E-state index contributed by atoms with van der Waals surface area (Å²) in [5.41, 5.74) is 5.43. The second-order valence-electron chi connectivity index (χ2n) is 3.38. The number of hydrogen-bond donors (Lipinski definition) is 2. The lowest BCUT2D eigenvalue weighted by Crippen LogP contribution is -2.51. The molecule has 2 atom stereocenters. The maximum atomic E-state index is 8.42. The van der Waals surface area contributed by atoms with Crippen LogP contribution in [0.5, 0.6) is 0 Å². The first-order valence-corrected chi connectivity index (χ1v) is 4.47. The smallest absolute Gasteiger partial charge is 0.153 e. The van der Waals surface area contributed by atoms with Gasteiger partial charge in [0.25, 0.3) is 0 Å². The molecule has 0 radical (unpaired) electrons. The summed E-state index contributed by atoms with van der Waals surface area (Å²) < 4.78 is 5.45. The van der Waals surface area contributed by atoms with Gasteiger partial charge in [0, 0.05) is 12.6 Å². The second-order valence-corrected chi connectivity index (χ2v) is 3.38. The van der Waals surface area contributed by atoms with E-state index in [9.17, 15) is 0 Å². The van der Waals surface area contributed by atoms with Crippen LogP contribution < -0.4 is 5.73 Å². The van der Waals surface area contributed by atoms with E-state index in [0.717, 1.165) is 6.54 Å². The average molecular weight is 187 g/mol. The van der Waals surface area contributed by atoms with Crippen molar-refractivity contribution in [3.63, 3.8) is 0 Å². The highest BCUT2D eigenvalue weighted by molar-refractivity contribution is 5.81. The largest absolute Gasteiger partial charge is 0.409 e. The molecule has 0 spiro atoms. The Labute approximate surface area is 78.1 Å².